The second-order valence-electron chi connectivity index (χ2n) is 4.85. The Bertz CT molecular complexity index is 757. The van der Waals surface area contributed by atoms with E-state index in [9.17, 15) is 4.79 Å². The molecule has 3 aromatic heterocycles. The molecule has 0 aliphatic carbocycles. The van der Waals surface area contributed by atoms with E-state index in [1.807, 2.05) is 48.8 Å². The number of amides is 1. The maximum atomic E-state index is 12.1. The number of thiazole rings is 1. The number of rotatable bonds is 4. The highest BCUT2D eigenvalue weighted by atomic mass is 32.1. The van der Waals surface area contributed by atoms with E-state index in [0.29, 0.717) is 17.8 Å². The predicted octanol–water partition coefficient (Wildman–Crippen LogP) is 2.38. The van der Waals surface area contributed by atoms with Crippen LogP contribution in [-0.4, -0.2) is 26.8 Å². The molecule has 5 nitrogen and oxygen atoms in total. The van der Waals surface area contributed by atoms with E-state index >= 15 is 0 Å². The number of pyridine rings is 1. The first-order valence-corrected chi connectivity index (χ1v) is 7.60. The van der Waals surface area contributed by atoms with E-state index in [2.05, 4.69) is 15.3 Å². The summed E-state index contributed by atoms with van der Waals surface area (Å²) in [6.45, 7) is 4.34. The van der Waals surface area contributed by atoms with Gasteiger partial charge in [-0.25, -0.2) is 9.97 Å². The molecule has 0 aromatic carbocycles. The first-order chi connectivity index (χ1) is 10.1. The Hall–Kier alpha value is -2.21. The van der Waals surface area contributed by atoms with Gasteiger partial charge in [0.15, 0.2) is 0 Å². The molecule has 0 saturated carbocycles. The quantitative estimate of drug-likeness (QED) is 0.805. The van der Waals surface area contributed by atoms with Crippen LogP contribution in [-0.2, 0) is 6.42 Å². The highest BCUT2D eigenvalue weighted by Gasteiger charge is 2.13. The van der Waals surface area contributed by atoms with Crippen molar-refractivity contribution in [3.8, 4) is 0 Å². The lowest BCUT2D eigenvalue weighted by molar-refractivity contribution is 0.0957. The van der Waals surface area contributed by atoms with E-state index in [0.717, 1.165) is 22.0 Å². The Balaban J connectivity index is 1.60. The molecule has 0 aliphatic rings. The van der Waals surface area contributed by atoms with Crippen molar-refractivity contribution in [3.05, 3.63) is 51.9 Å². The first kappa shape index (κ1) is 13.8. The van der Waals surface area contributed by atoms with Crippen LogP contribution < -0.4 is 5.32 Å². The minimum absolute atomic E-state index is 0.0538. The first-order valence-electron chi connectivity index (χ1n) is 6.78. The van der Waals surface area contributed by atoms with Crippen molar-refractivity contribution in [1.82, 2.24) is 19.7 Å². The molecule has 3 heterocycles. The minimum Gasteiger partial charge on any atom is -0.351 e. The monoisotopic (exact) mass is 300 g/mol. The number of aryl methyl sites for hydroxylation is 2. The van der Waals surface area contributed by atoms with Gasteiger partial charge >= 0.3 is 0 Å². The summed E-state index contributed by atoms with van der Waals surface area (Å²) in [5.41, 5.74) is 2.69. The topological polar surface area (TPSA) is 59.3 Å². The fourth-order valence-corrected chi connectivity index (χ4v) is 3.07. The van der Waals surface area contributed by atoms with E-state index in [1.165, 1.54) is 11.3 Å². The minimum atomic E-state index is -0.0538. The molecule has 6 heteroatoms. The van der Waals surface area contributed by atoms with Gasteiger partial charge < -0.3 is 9.72 Å². The fraction of sp³-hybridized carbons (Fsp3) is 0.267. The van der Waals surface area contributed by atoms with Crippen LogP contribution in [0, 0.1) is 13.8 Å². The Labute approximate surface area is 126 Å². The van der Waals surface area contributed by atoms with E-state index in [-0.39, 0.29) is 5.91 Å². The molecule has 0 bridgehead atoms. The van der Waals surface area contributed by atoms with Gasteiger partial charge in [-0.05, 0) is 26.0 Å². The summed E-state index contributed by atoms with van der Waals surface area (Å²) in [6.07, 6.45) is 4.67. The molecule has 0 unspecified atom stereocenters. The predicted molar refractivity (Wildman–Crippen MR) is 82.8 cm³/mol. The molecule has 3 rings (SSSR count). The van der Waals surface area contributed by atoms with Crippen LogP contribution in [0.4, 0.5) is 0 Å². The van der Waals surface area contributed by atoms with Gasteiger partial charge in [0, 0.05) is 25.4 Å². The fourth-order valence-electron chi connectivity index (χ4n) is 2.23. The zero-order chi connectivity index (χ0) is 14.8. The molecule has 0 radical (unpaired) electrons. The van der Waals surface area contributed by atoms with Crippen molar-refractivity contribution in [3.63, 3.8) is 0 Å². The van der Waals surface area contributed by atoms with Crippen LogP contribution in [0.2, 0.25) is 0 Å². The van der Waals surface area contributed by atoms with Gasteiger partial charge in [-0.1, -0.05) is 6.07 Å². The number of hydrogen-bond donors (Lipinski definition) is 1. The molecule has 0 saturated heterocycles. The van der Waals surface area contributed by atoms with Gasteiger partial charge in [0.1, 0.15) is 10.5 Å². The largest absolute Gasteiger partial charge is 0.351 e. The van der Waals surface area contributed by atoms with Crippen molar-refractivity contribution < 1.29 is 4.79 Å². The number of nitrogens with one attached hydrogen (secondary N) is 1. The maximum Gasteiger partial charge on any atom is 0.263 e. The molecule has 1 amide bonds. The molecule has 108 valence electrons. The van der Waals surface area contributed by atoms with Crippen molar-refractivity contribution in [2.24, 2.45) is 0 Å². The van der Waals surface area contributed by atoms with Gasteiger partial charge in [-0.15, -0.1) is 11.3 Å². The summed E-state index contributed by atoms with van der Waals surface area (Å²) in [7, 11) is 0. The van der Waals surface area contributed by atoms with Gasteiger partial charge in [0.05, 0.1) is 16.4 Å². The second-order valence-corrected chi connectivity index (χ2v) is 6.05. The molecular formula is C15H16N4OS. The third kappa shape index (κ3) is 2.95. The van der Waals surface area contributed by atoms with Gasteiger partial charge in [-0.2, -0.15) is 0 Å². The lowest BCUT2D eigenvalue weighted by Gasteiger charge is -2.02. The number of imidazole rings is 1. The van der Waals surface area contributed by atoms with Gasteiger partial charge in [0.2, 0.25) is 0 Å². The van der Waals surface area contributed by atoms with Crippen molar-refractivity contribution >= 4 is 22.9 Å². The molecule has 0 fully saturated rings. The number of carbonyl (C=O) groups is 1. The van der Waals surface area contributed by atoms with Crippen molar-refractivity contribution in [1.29, 1.82) is 0 Å². The van der Waals surface area contributed by atoms with Crippen molar-refractivity contribution in [2.45, 2.75) is 20.3 Å². The zero-order valence-corrected chi connectivity index (χ0v) is 12.8. The Morgan fingerprint density at radius 3 is 2.90 bits per heavy atom. The van der Waals surface area contributed by atoms with Gasteiger partial charge in [0.25, 0.3) is 5.91 Å². The zero-order valence-electron chi connectivity index (χ0n) is 12.0. The van der Waals surface area contributed by atoms with Crippen LogP contribution in [0.15, 0.2) is 30.6 Å². The van der Waals surface area contributed by atoms with Crippen LogP contribution >= 0.6 is 11.3 Å². The average molecular weight is 300 g/mol. The number of hydrogen-bond acceptors (Lipinski definition) is 4. The van der Waals surface area contributed by atoms with Crippen LogP contribution in [0.3, 0.4) is 0 Å². The number of aromatic nitrogens is 3. The Morgan fingerprint density at radius 1 is 1.33 bits per heavy atom. The van der Waals surface area contributed by atoms with Crippen LogP contribution in [0.25, 0.3) is 5.65 Å². The molecule has 0 atom stereocenters. The Kier molecular flexibility index (Phi) is 3.70. The third-order valence-electron chi connectivity index (χ3n) is 3.19. The number of fused-ring (bicyclic) bond motifs is 1. The molecule has 0 aliphatic heterocycles. The summed E-state index contributed by atoms with van der Waals surface area (Å²) in [5.74, 6) is -0.0538. The summed E-state index contributed by atoms with van der Waals surface area (Å²) in [4.78, 5) is 21.5. The standard InChI is InChI=1S/C15H16N4OS/c1-10-14(21-11(2)17-10)15(20)16-7-6-12-9-19-8-4-3-5-13(19)18-12/h3-5,8-9H,6-7H2,1-2H3,(H,16,20). The highest BCUT2D eigenvalue weighted by molar-refractivity contribution is 7.13. The summed E-state index contributed by atoms with van der Waals surface area (Å²) in [5, 5.41) is 3.84. The SMILES string of the molecule is Cc1nc(C)c(C(=O)NCCc2cn3ccccc3n2)s1. The van der Waals surface area contributed by atoms with E-state index in [4.69, 9.17) is 0 Å². The number of nitrogens with zero attached hydrogens (tertiary/aromatic N) is 3. The molecular weight excluding hydrogens is 284 g/mol. The molecule has 3 aromatic rings. The molecule has 1 N–H and O–H groups in total. The lowest BCUT2D eigenvalue weighted by atomic mass is 10.3. The lowest BCUT2D eigenvalue weighted by Crippen LogP contribution is -2.25. The summed E-state index contributed by atoms with van der Waals surface area (Å²) >= 11 is 1.43. The highest BCUT2D eigenvalue weighted by Crippen LogP contribution is 2.16. The average Bonchev–Trinajstić information content (AvgIpc) is 3.01. The Morgan fingerprint density at radius 2 is 2.19 bits per heavy atom. The second kappa shape index (κ2) is 5.65. The van der Waals surface area contributed by atoms with Crippen LogP contribution in [0.1, 0.15) is 26.1 Å². The van der Waals surface area contributed by atoms with E-state index in [1.54, 1.807) is 0 Å². The molecule has 0 spiro atoms. The normalized spacial score (nSPS) is 11.0. The van der Waals surface area contributed by atoms with E-state index < -0.39 is 0 Å². The van der Waals surface area contributed by atoms with Crippen LogP contribution in [0.5, 0.6) is 0 Å². The third-order valence-corrected chi connectivity index (χ3v) is 4.26. The molecule has 21 heavy (non-hydrogen) atoms. The summed E-state index contributed by atoms with van der Waals surface area (Å²) < 4.78 is 1.98. The number of carbonyl (C=O) groups excluding carboxylic acids is 1. The summed E-state index contributed by atoms with van der Waals surface area (Å²) in [6, 6.07) is 5.89. The maximum absolute atomic E-state index is 12.1. The smallest absolute Gasteiger partial charge is 0.263 e. The van der Waals surface area contributed by atoms with Crippen molar-refractivity contribution in [2.75, 3.05) is 6.54 Å². The van der Waals surface area contributed by atoms with Gasteiger partial charge in [-0.3, -0.25) is 4.79 Å².